The van der Waals surface area contributed by atoms with Crippen molar-refractivity contribution >= 4 is 0 Å². The maximum atomic E-state index is 9.05. The number of rotatable bonds is 2. The largest absolute Gasteiger partial charge is 0.324 e. The molecule has 0 amide bonds. The van der Waals surface area contributed by atoms with Crippen molar-refractivity contribution in [2.45, 2.75) is 18.9 Å². The molecule has 1 aliphatic heterocycles. The second kappa shape index (κ2) is 5.11. The number of piperidine rings is 1. The molecule has 3 N–H and O–H groups in total. The summed E-state index contributed by atoms with van der Waals surface area (Å²) in [5, 5.41) is 12.4. The molecule has 0 unspecified atom stereocenters. The molecule has 0 aliphatic carbocycles. The summed E-state index contributed by atoms with van der Waals surface area (Å²) < 4.78 is 0. The topological polar surface area (TPSA) is 61.8 Å². The predicted octanol–water partition coefficient (Wildman–Crippen LogP) is 1.56. The number of hydrogen-bond acceptors (Lipinski definition) is 3. The van der Waals surface area contributed by atoms with Crippen LogP contribution < -0.4 is 11.1 Å². The fraction of sp³-hybridized carbons (Fsp3) is 0.462. The van der Waals surface area contributed by atoms with Crippen LogP contribution in [-0.4, -0.2) is 13.1 Å². The second-order valence-electron chi connectivity index (χ2n) is 4.31. The molecule has 3 heteroatoms. The van der Waals surface area contributed by atoms with E-state index in [0.717, 1.165) is 31.5 Å². The summed E-state index contributed by atoms with van der Waals surface area (Å²) in [4.78, 5) is 0. The average Bonchev–Trinajstić information content (AvgIpc) is 2.39. The zero-order chi connectivity index (χ0) is 11.4. The van der Waals surface area contributed by atoms with Gasteiger partial charge in [0.15, 0.2) is 0 Å². The minimum atomic E-state index is -0.00190. The van der Waals surface area contributed by atoms with Crippen molar-refractivity contribution < 1.29 is 0 Å². The van der Waals surface area contributed by atoms with E-state index in [1.807, 2.05) is 24.3 Å². The van der Waals surface area contributed by atoms with Gasteiger partial charge in [0.25, 0.3) is 0 Å². The SMILES string of the molecule is N#Cc1ccccc1[C@H](N)C1CCNCC1. The van der Waals surface area contributed by atoms with Gasteiger partial charge < -0.3 is 11.1 Å². The van der Waals surface area contributed by atoms with Crippen molar-refractivity contribution in [3.63, 3.8) is 0 Å². The molecule has 16 heavy (non-hydrogen) atoms. The lowest BCUT2D eigenvalue weighted by Crippen LogP contribution is -2.34. The Morgan fingerprint density at radius 2 is 2.00 bits per heavy atom. The van der Waals surface area contributed by atoms with Gasteiger partial charge in [-0.15, -0.1) is 0 Å². The molecule has 1 aromatic rings. The molecule has 1 fully saturated rings. The van der Waals surface area contributed by atoms with E-state index in [-0.39, 0.29) is 6.04 Å². The van der Waals surface area contributed by atoms with Crippen LogP contribution in [0.2, 0.25) is 0 Å². The Kier molecular flexibility index (Phi) is 3.55. The highest BCUT2D eigenvalue weighted by Gasteiger charge is 2.23. The van der Waals surface area contributed by atoms with E-state index >= 15 is 0 Å². The van der Waals surface area contributed by atoms with Crippen LogP contribution in [0.3, 0.4) is 0 Å². The first-order valence-electron chi connectivity index (χ1n) is 5.78. The third kappa shape index (κ3) is 2.24. The molecule has 0 bridgehead atoms. The predicted molar refractivity (Wildman–Crippen MR) is 63.7 cm³/mol. The molecule has 84 valence electrons. The van der Waals surface area contributed by atoms with E-state index < -0.39 is 0 Å². The van der Waals surface area contributed by atoms with Crippen LogP contribution in [0.15, 0.2) is 24.3 Å². The number of benzene rings is 1. The van der Waals surface area contributed by atoms with Crippen molar-refractivity contribution in [1.29, 1.82) is 5.26 Å². The summed E-state index contributed by atoms with van der Waals surface area (Å²) in [6, 6.07) is 9.88. The molecule has 3 nitrogen and oxygen atoms in total. The van der Waals surface area contributed by atoms with Crippen molar-refractivity contribution in [3.05, 3.63) is 35.4 Å². The first-order valence-corrected chi connectivity index (χ1v) is 5.78. The summed E-state index contributed by atoms with van der Waals surface area (Å²) in [6.07, 6.45) is 2.20. The van der Waals surface area contributed by atoms with E-state index in [2.05, 4.69) is 11.4 Å². The minimum Gasteiger partial charge on any atom is -0.324 e. The van der Waals surface area contributed by atoms with Crippen molar-refractivity contribution in [2.24, 2.45) is 11.7 Å². The fourth-order valence-electron chi connectivity index (χ4n) is 2.35. The monoisotopic (exact) mass is 215 g/mol. The quantitative estimate of drug-likeness (QED) is 0.787. The third-order valence-electron chi connectivity index (χ3n) is 3.33. The van der Waals surface area contributed by atoms with Gasteiger partial charge in [-0.05, 0) is 43.5 Å². The second-order valence-corrected chi connectivity index (χ2v) is 4.31. The number of nitrogens with two attached hydrogens (primary N) is 1. The lowest BCUT2D eigenvalue weighted by Gasteiger charge is -2.28. The van der Waals surface area contributed by atoms with Crippen LogP contribution in [0.4, 0.5) is 0 Å². The molecule has 1 heterocycles. The molecule has 1 aromatic carbocycles. The molecular weight excluding hydrogens is 198 g/mol. The van der Waals surface area contributed by atoms with Gasteiger partial charge in [0, 0.05) is 6.04 Å². The van der Waals surface area contributed by atoms with Crippen LogP contribution in [0.5, 0.6) is 0 Å². The van der Waals surface area contributed by atoms with Crippen molar-refractivity contribution in [1.82, 2.24) is 5.32 Å². The maximum absolute atomic E-state index is 9.05. The Balaban J connectivity index is 2.19. The molecule has 1 atom stereocenters. The number of hydrogen-bond donors (Lipinski definition) is 2. The molecule has 0 spiro atoms. The first kappa shape index (κ1) is 11.1. The molecular formula is C13H17N3. The Labute approximate surface area is 96.3 Å². The molecule has 1 saturated heterocycles. The first-order chi connectivity index (χ1) is 7.83. The average molecular weight is 215 g/mol. The zero-order valence-corrected chi connectivity index (χ0v) is 9.32. The Hall–Kier alpha value is -1.37. The summed E-state index contributed by atoms with van der Waals surface area (Å²) in [7, 11) is 0. The number of nitriles is 1. The van der Waals surface area contributed by atoms with E-state index in [9.17, 15) is 0 Å². The van der Waals surface area contributed by atoms with Gasteiger partial charge >= 0.3 is 0 Å². The van der Waals surface area contributed by atoms with Crippen LogP contribution in [0, 0.1) is 17.2 Å². The summed E-state index contributed by atoms with van der Waals surface area (Å²) in [6.45, 7) is 2.07. The highest BCUT2D eigenvalue weighted by Crippen LogP contribution is 2.28. The van der Waals surface area contributed by atoms with Crippen LogP contribution in [-0.2, 0) is 0 Å². The highest BCUT2D eigenvalue weighted by molar-refractivity contribution is 5.39. The van der Waals surface area contributed by atoms with E-state index in [1.165, 1.54) is 0 Å². The van der Waals surface area contributed by atoms with Gasteiger partial charge in [-0.1, -0.05) is 18.2 Å². The fourth-order valence-corrected chi connectivity index (χ4v) is 2.35. The van der Waals surface area contributed by atoms with Gasteiger partial charge in [0.05, 0.1) is 11.6 Å². The summed E-state index contributed by atoms with van der Waals surface area (Å²) >= 11 is 0. The van der Waals surface area contributed by atoms with Crippen LogP contribution >= 0.6 is 0 Å². The van der Waals surface area contributed by atoms with Crippen LogP contribution in [0.1, 0.15) is 30.0 Å². The molecule has 1 aliphatic rings. The third-order valence-corrected chi connectivity index (χ3v) is 3.33. The zero-order valence-electron chi connectivity index (χ0n) is 9.32. The molecule has 0 aromatic heterocycles. The smallest absolute Gasteiger partial charge is 0.0995 e. The lowest BCUT2D eigenvalue weighted by atomic mass is 9.85. The van der Waals surface area contributed by atoms with Crippen molar-refractivity contribution in [2.75, 3.05) is 13.1 Å². The number of nitrogens with one attached hydrogen (secondary N) is 1. The van der Waals surface area contributed by atoms with Gasteiger partial charge in [0.2, 0.25) is 0 Å². The van der Waals surface area contributed by atoms with E-state index in [0.29, 0.717) is 11.5 Å². The molecule has 0 saturated carbocycles. The summed E-state index contributed by atoms with van der Waals surface area (Å²) in [5.74, 6) is 0.496. The number of nitrogens with zero attached hydrogens (tertiary/aromatic N) is 1. The van der Waals surface area contributed by atoms with Gasteiger partial charge in [-0.3, -0.25) is 0 Å². The maximum Gasteiger partial charge on any atom is 0.0995 e. The minimum absolute atomic E-state index is 0.00190. The van der Waals surface area contributed by atoms with Crippen molar-refractivity contribution in [3.8, 4) is 6.07 Å². The Morgan fingerprint density at radius 3 is 2.69 bits per heavy atom. The highest BCUT2D eigenvalue weighted by atomic mass is 14.9. The van der Waals surface area contributed by atoms with E-state index in [4.69, 9.17) is 11.0 Å². The Morgan fingerprint density at radius 1 is 1.31 bits per heavy atom. The standard InChI is InChI=1S/C13H17N3/c14-9-11-3-1-2-4-12(11)13(15)10-5-7-16-8-6-10/h1-4,10,13,16H,5-8,15H2/t13-/m1/s1. The molecule has 2 rings (SSSR count). The lowest BCUT2D eigenvalue weighted by molar-refractivity contribution is 0.322. The summed E-state index contributed by atoms with van der Waals surface area (Å²) in [5.41, 5.74) is 7.98. The van der Waals surface area contributed by atoms with Gasteiger partial charge in [-0.25, -0.2) is 0 Å². The van der Waals surface area contributed by atoms with Crippen LogP contribution in [0.25, 0.3) is 0 Å². The van der Waals surface area contributed by atoms with Gasteiger partial charge in [-0.2, -0.15) is 5.26 Å². The Bertz CT molecular complexity index is 388. The van der Waals surface area contributed by atoms with Gasteiger partial charge in [0.1, 0.15) is 0 Å². The van der Waals surface area contributed by atoms with E-state index in [1.54, 1.807) is 0 Å². The normalized spacial score (nSPS) is 19.0. The molecule has 0 radical (unpaired) electrons.